The van der Waals surface area contributed by atoms with Crippen LogP contribution in [0.2, 0.25) is 5.02 Å². The zero-order valence-electron chi connectivity index (χ0n) is 17.2. The van der Waals surface area contributed by atoms with Crippen LogP contribution in [0.5, 0.6) is 0 Å². The lowest BCUT2D eigenvalue weighted by atomic mass is 9.88. The van der Waals surface area contributed by atoms with E-state index in [9.17, 15) is 9.59 Å². The second-order valence-corrected chi connectivity index (χ2v) is 9.15. The summed E-state index contributed by atoms with van der Waals surface area (Å²) in [5, 5.41) is 5.46. The van der Waals surface area contributed by atoms with Gasteiger partial charge < -0.3 is 4.90 Å². The summed E-state index contributed by atoms with van der Waals surface area (Å²) in [7, 11) is 0. The number of ketones is 1. The van der Waals surface area contributed by atoms with Gasteiger partial charge in [-0.2, -0.15) is 0 Å². The first-order valence-electron chi connectivity index (χ1n) is 11.2. The monoisotopic (exact) mass is 417 g/mol. The number of carbonyl (C=O) groups excluding carboxylic acids is 2. The summed E-state index contributed by atoms with van der Waals surface area (Å²) in [4.78, 5) is 27.6. The molecule has 0 N–H and O–H groups in total. The van der Waals surface area contributed by atoms with Gasteiger partial charge in [0.1, 0.15) is 0 Å². The zero-order valence-corrected chi connectivity index (χ0v) is 17.9. The van der Waals surface area contributed by atoms with Crippen molar-refractivity contribution in [3.05, 3.63) is 34.9 Å². The van der Waals surface area contributed by atoms with E-state index in [0.717, 1.165) is 70.5 Å². The lowest BCUT2D eigenvalue weighted by Crippen LogP contribution is -2.57. The average molecular weight is 418 g/mol. The fourth-order valence-corrected chi connectivity index (χ4v) is 5.19. The van der Waals surface area contributed by atoms with E-state index in [2.05, 4.69) is 14.9 Å². The van der Waals surface area contributed by atoms with Crippen LogP contribution in [0.25, 0.3) is 0 Å². The Hall–Kier alpha value is -1.43. The molecule has 0 aromatic heterocycles. The third-order valence-corrected chi connectivity index (χ3v) is 7.15. The Morgan fingerprint density at radius 2 is 1.31 bits per heavy atom. The van der Waals surface area contributed by atoms with Crippen LogP contribution in [0.3, 0.4) is 0 Å². The number of amides is 1. The van der Waals surface area contributed by atoms with Crippen molar-refractivity contribution in [2.75, 3.05) is 39.3 Å². The first-order chi connectivity index (χ1) is 14.1. The molecule has 2 heterocycles. The predicted molar refractivity (Wildman–Crippen MR) is 115 cm³/mol. The van der Waals surface area contributed by atoms with Crippen molar-refractivity contribution in [2.45, 2.75) is 44.9 Å². The van der Waals surface area contributed by atoms with Gasteiger partial charge in [-0.15, -0.1) is 0 Å². The fourth-order valence-electron chi connectivity index (χ4n) is 5.07. The van der Waals surface area contributed by atoms with Gasteiger partial charge in [-0.1, -0.05) is 30.9 Å². The summed E-state index contributed by atoms with van der Waals surface area (Å²) in [6.45, 7) is 5.32. The van der Waals surface area contributed by atoms with Crippen LogP contribution >= 0.6 is 11.6 Å². The van der Waals surface area contributed by atoms with E-state index in [4.69, 9.17) is 11.6 Å². The highest BCUT2D eigenvalue weighted by atomic mass is 35.5. The number of benzene rings is 1. The molecule has 0 atom stereocenters. The Bertz CT molecular complexity index is 701. The van der Waals surface area contributed by atoms with Crippen molar-refractivity contribution in [3.8, 4) is 0 Å². The van der Waals surface area contributed by atoms with Crippen molar-refractivity contribution in [1.29, 1.82) is 0 Å². The van der Waals surface area contributed by atoms with Gasteiger partial charge in [-0.25, -0.2) is 10.0 Å². The number of halogens is 1. The summed E-state index contributed by atoms with van der Waals surface area (Å²) < 4.78 is 0. The molecule has 1 aliphatic carbocycles. The molecular formula is C23H32ClN3O2. The van der Waals surface area contributed by atoms with Crippen LogP contribution in [-0.2, 0) is 4.79 Å². The van der Waals surface area contributed by atoms with E-state index in [1.807, 2.05) is 12.1 Å². The van der Waals surface area contributed by atoms with Crippen molar-refractivity contribution in [3.63, 3.8) is 0 Å². The maximum absolute atomic E-state index is 12.8. The first kappa shape index (κ1) is 20.8. The highest BCUT2D eigenvalue weighted by molar-refractivity contribution is 6.30. The smallest absolute Gasteiger partial charge is 0.225 e. The van der Waals surface area contributed by atoms with Gasteiger partial charge in [-0.05, 0) is 49.9 Å². The van der Waals surface area contributed by atoms with E-state index >= 15 is 0 Å². The minimum Gasteiger partial charge on any atom is -0.340 e. The second-order valence-electron chi connectivity index (χ2n) is 8.71. The third kappa shape index (κ3) is 5.01. The van der Waals surface area contributed by atoms with Crippen LogP contribution < -0.4 is 0 Å². The van der Waals surface area contributed by atoms with E-state index in [-0.39, 0.29) is 17.6 Å². The van der Waals surface area contributed by atoms with E-state index in [1.54, 1.807) is 12.1 Å². The van der Waals surface area contributed by atoms with Crippen LogP contribution in [-0.4, -0.2) is 65.9 Å². The lowest BCUT2D eigenvalue weighted by molar-refractivity contribution is -0.143. The number of hydrogen-bond donors (Lipinski definition) is 0. The van der Waals surface area contributed by atoms with E-state index < -0.39 is 0 Å². The van der Waals surface area contributed by atoms with Gasteiger partial charge in [0.15, 0.2) is 5.78 Å². The molecule has 1 amide bonds. The number of piperazine rings is 1. The van der Waals surface area contributed by atoms with Gasteiger partial charge in [0.2, 0.25) is 5.91 Å². The molecule has 3 aliphatic rings. The number of Topliss-reactive ketones (excluding diaryl/α,β-unsaturated/α-hetero) is 1. The Morgan fingerprint density at radius 1 is 0.724 bits per heavy atom. The first-order valence-corrected chi connectivity index (χ1v) is 11.6. The largest absolute Gasteiger partial charge is 0.340 e. The fraction of sp³-hybridized carbons (Fsp3) is 0.652. The Balaban J connectivity index is 1.23. The topological polar surface area (TPSA) is 43.9 Å². The van der Waals surface area contributed by atoms with E-state index in [0.29, 0.717) is 10.9 Å². The second kappa shape index (κ2) is 9.59. The maximum Gasteiger partial charge on any atom is 0.225 e. The Morgan fingerprint density at radius 3 is 1.93 bits per heavy atom. The molecule has 5 nitrogen and oxygen atoms in total. The van der Waals surface area contributed by atoms with Gasteiger partial charge in [0, 0.05) is 61.7 Å². The number of nitrogens with zero attached hydrogens (tertiary/aromatic N) is 3. The van der Waals surface area contributed by atoms with Crippen LogP contribution in [0.4, 0.5) is 0 Å². The van der Waals surface area contributed by atoms with Crippen molar-refractivity contribution < 1.29 is 9.59 Å². The molecule has 4 rings (SSSR count). The minimum atomic E-state index is 0.0987. The molecule has 1 saturated carbocycles. The molecule has 1 aromatic carbocycles. The summed E-state index contributed by atoms with van der Waals surface area (Å²) in [5.41, 5.74) is 0.766. The highest BCUT2D eigenvalue weighted by Gasteiger charge is 2.32. The normalized spacial score (nSPS) is 23.3. The zero-order chi connectivity index (χ0) is 20.2. The van der Waals surface area contributed by atoms with Crippen LogP contribution in [0.1, 0.15) is 55.3 Å². The number of hydrogen-bond acceptors (Lipinski definition) is 4. The molecule has 2 aliphatic heterocycles. The number of carbonyl (C=O) groups is 2. The summed E-state index contributed by atoms with van der Waals surface area (Å²) >= 11 is 5.93. The SMILES string of the molecule is O=C(c1ccc(Cl)cc1)C1CCN(N2CCN(C(=O)C3CCCCC3)CC2)CC1. The minimum absolute atomic E-state index is 0.0987. The van der Waals surface area contributed by atoms with Gasteiger partial charge in [0.25, 0.3) is 0 Å². The number of piperidine rings is 1. The molecule has 0 bridgehead atoms. The van der Waals surface area contributed by atoms with Crippen LogP contribution in [0.15, 0.2) is 24.3 Å². The van der Waals surface area contributed by atoms with Gasteiger partial charge >= 0.3 is 0 Å². The van der Waals surface area contributed by atoms with Crippen molar-refractivity contribution in [1.82, 2.24) is 14.9 Å². The van der Waals surface area contributed by atoms with Gasteiger partial charge in [-0.3, -0.25) is 9.59 Å². The molecule has 0 unspecified atom stereocenters. The molecule has 1 aromatic rings. The molecule has 29 heavy (non-hydrogen) atoms. The summed E-state index contributed by atoms with van der Waals surface area (Å²) in [5.74, 6) is 0.993. The number of rotatable bonds is 4. The quantitative estimate of drug-likeness (QED) is 0.697. The highest BCUT2D eigenvalue weighted by Crippen LogP contribution is 2.27. The average Bonchev–Trinajstić information content (AvgIpc) is 2.79. The van der Waals surface area contributed by atoms with E-state index in [1.165, 1.54) is 19.3 Å². The third-order valence-electron chi connectivity index (χ3n) is 6.89. The van der Waals surface area contributed by atoms with Gasteiger partial charge in [0.05, 0.1) is 0 Å². The number of hydrazine groups is 1. The maximum atomic E-state index is 12.8. The molecule has 3 fully saturated rings. The van der Waals surface area contributed by atoms with Crippen molar-refractivity contribution in [2.24, 2.45) is 11.8 Å². The predicted octanol–water partition coefficient (Wildman–Crippen LogP) is 3.87. The Kier molecular flexibility index (Phi) is 6.88. The molecule has 158 valence electrons. The molecular weight excluding hydrogens is 386 g/mol. The molecule has 0 radical (unpaired) electrons. The molecule has 2 saturated heterocycles. The summed E-state index contributed by atoms with van der Waals surface area (Å²) in [6.07, 6.45) is 7.64. The lowest BCUT2D eigenvalue weighted by Gasteiger charge is -2.44. The Labute approximate surface area is 178 Å². The summed E-state index contributed by atoms with van der Waals surface area (Å²) in [6, 6.07) is 7.25. The molecule has 0 spiro atoms. The standard InChI is InChI=1S/C23H32ClN3O2/c24-21-8-6-18(7-9-21)22(28)19-10-12-26(13-11-19)27-16-14-25(15-17-27)23(29)20-4-2-1-3-5-20/h6-9,19-20H,1-5,10-17H2. The molecule has 6 heteroatoms. The van der Waals surface area contributed by atoms with Crippen LogP contribution in [0, 0.1) is 11.8 Å². The van der Waals surface area contributed by atoms with Crippen molar-refractivity contribution >= 4 is 23.3 Å².